The minimum atomic E-state index is -0.234. The maximum Gasteiger partial charge on any atom is 0.256 e. The van der Waals surface area contributed by atoms with Crippen LogP contribution in [0.3, 0.4) is 0 Å². The molecule has 1 heterocycles. The number of para-hydroxylation sites is 1. The summed E-state index contributed by atoms with van der Waals surface area (Å²) in [5.41, 5.74) is 2.69. The van der Waals surface area contributed by atoms with Gasteiger partial charge in [0.05, 0.1) is 17.8 Å². The summed E-state index contributed by atoms with van der Waals surface area (Å²) in [5.74, 6) is 0.396. The summed E-state index contributed by atoms with van der Waals surface area (Å²) in [6.45, 7) is 1.90. The first-order valence-electron chi connectivity index (χ1n) is 7.10. The van der Waals surface area contributed by atoms with Gasteiger partial charge in [-0.05, 0) is 36.8 Å². The van der Waals surface area contributed by atoms with Crippen LogP contribution in [-0.4, -0.2) is 18.0 Å². The Labute approximate surface area is 139 Å². The molecule has 0 bridgehead atoms. The van der Waals surface area contributed by atoms with Gasteiger partial charge < -0.3 is 10.1 Å². The van der Waals surface area contributed by atoms with Gasteiger partial charge in [-0.1, -0.05) is 29.8 Å². The van der Waals surface area contributed by atoms with E-state index < -0.39 is 0 Å². The van der Waals surface area contributed by atoms with E-state index in [0.29, 0.717) is 27.5 Å². The molecule has 1 aromatic heterocycles. The zero-order valence-electron chi connectivity index (χ0n) is 12.8. The molecular weight excluding hydrogens is 312 g/mol. The summed E-state index contributed by atoms with van der Waals surface area (Å²) in [4.78, 5) is 17.0. The minimum Gasteiger partial charge on any atom is -0.494 e. The molecule has 0 fully saturated rings. The van der Waals surface area contributed by atoms with Crippen molar-refractivity contribution in [2.24, 2.45) is 0 Å². The molecule has 3 rings (SSSR count). The number of nitrogens with zero attached hydrogens (tertiary/aromatic N) is 1. The highest BCUT2D eigenvalue weighted by atomic mass is 35.5. The second kappa shape index (κ2) is 6.26. The number of methoxy groups -OCH3 is 1. The number of hydrogen-bond donors (Lipinski definition) is 1. The second-order valence-electron chi connectivity index (χ2n) is 5.10. The van der Waals surface area contributed by atoms with Crippen LogP contribution in [0.2, 0.25) is 5.02 Å². The zero-order valence-corrected chi connectivity index (χ0v) is 13.5. The Morgan fingerprint density at radius 3 is 2.74 bits per heavy atom. The third-order valence-electron chi connectivity index (χ3n) is 3.66. The summed E-state index contributed by atoms with van der Waals surface area (Å²) in [7, 11) is 1.58. The lowest BCUT2D eigenvalue weighted by molar-refractivity contribution is 0.102. The number of fused-ring (bicyclic) bond motifs is 1. The number of nitrogens with one attached hydrogen (secondary N) is 1. The van der Waals surface area contributed by atoms with Gasteiger partial charge in [0.1, 0.15) is 11.3 Å². The maximum absolute atomic E-state index is 12.7. The number of rotatable bonds is 3. The van der Waals surface area contributed by atoms with E-state index in [4.69, 9.17) is 16.3 Å². The van der Waals surface area contributed by atoms with E-state index in [1.165, 1.54) is 0 Å². The standard InChI is InChI=1S/C18H15ClN2O2/c1-11-5-3-7-14(19)16(11)21-18(22)13-8-9-15(23-2)17-12(13)6-4-10-20-17/h3-10H,1-2H3,(H,21,22). The molecule has 4 nitrogen and oxygen atoms in total. The fourth-order valence-electron chi connectivity index (χ4n) is 2.48. The summed E-state index contributed by atoms with van der Waals surface area (Å²) in [6.07, 6.45) is 1.67. The van der Waals surface area contributed by atoms with Crippen LogP contribution in [0, 0.1) is 6.92 Å². The van der Waals surface area contributed by atoms with Crippen molar-refractivity contribution < 1.29 is 9.53 Å². The Hall–Kier alpha value is -2.59. The normalized spacial score (nSPS) is 10.6. The number of pyridine rings is 1. The monoisotopic (exact) mass is 326 g/mol. The first-order chi connectivity index (χ1) is 11.1. The largest absolute Gasteiger partial charge is 0.494 e. The number of anilines is 1. The van der Waals surface area contributed by atoms with Crippen molar-refractivity contribution in [3.8, 4) is 5.75 Å². The lowest BCUT2D eigenvalue weighted by atomic mass is 10.1. The third-order valence-corrected chi connectivity index (χ3v) is 3.97. The van der Waals surface area contributed by atoms with Gasteiger partial charge in [-0.15, -0.1) is 0 Å². The number of aryl methyl sites for hydroxylation is 1. The van der Waals surface area contributed by atoms with Crippen molar-refractivity contribution >= 4 is 34.1 Å². The van der Waals surface area contributed by atoms with Gasteiger partial charge in [0.25, 0.3) is 5.91 Å². The molecule has 0 aliphatic rings. The quantitative estimate of drug-likeness (QED) is 0.773. The van der Waals surface area contributed by atoms with E-state index in [9.17, 15) is 4.79 Å². The Balaban J connectivity index is 2.05. The number of ether oxygens (including phenoxy) is 1. The average Bonchev–Trinajstić information content (AvgIpc) is 2.57. The van der Waals surface area contributed by atoms with Gasteiger partial charge in [-0.25, -0.2) is 0 Å². The smallest absolute Gasteiger partial charge is 0.256 e. The number of amides is 1. The summed E-state index contributed by atoms with van der Waals surface area (Å²) in [5, 5.41) is 4.12. The molecule has 0 saturated carbocycles. The first kappa shape index (κ1) is 15.3. The molecule has 2 aromatic carbocycles. The highest BCUT2D eigenvalue weighted by Gasteiger charge is 2.15. The van der Waals surface area contributed by atoms with E-state index in [2.05, 4.69) is 10.3 Å². The minimum absolute atomic E-state index is 0.234. The van der Waals surface area contributed by atoms with Crippen LogP contribution in [-0.2, 0) is 0 Å². The van der Waals surface area contributed by atoms with Crippen molar-refractivity contribution in [3.05, 3.63) is 64.8 Å². The van der Waals surface area contributed by atoms with Gasteiger partial charge in [-0.2, -0.15) is 0 Å². The molecule has 116 valence electrons. The fourth-order valence-corrected chi connectivity index (χ4v) is 2.75. The van der Waals surface area contributed by atoms with Crippen LogP contribution in [0.5, 0.6) is 5.75 Å². The van der Waals surface area contributed by atoms with Gasteiger partial charge >= 0.3 is 0 Å². The molecule has 0 aliphatic heterocycles. The van der Waals surface area contributed by atoms with Crippen LogP contribution >= 0.6 is 11.6 Å². The Morgan fingerprint density at radius 1 is 1.17 bits per heavy atom. The molecule has 23 heavy (non-hydrogen) atoms. The molecule has 0 aliphatic carbocycles. The maximum atomic E-state index is 12.7. The predicted molar refractivity (Wildman–Crippen MR) is 92.4 cm³/mol. The van der Waals surface area contributed by atoms with Crippen LogP contribution in [0.1, 0.15) is 15.9 Å². The Bertz CT molecular complexity index is 873. The van der Waals surface area contributed by atoms with E-state index in [1.807, 2.05) is 25.1 Å². The first-order valence-corrected chi connectivity index (χ1v) is 7.48. The number of benzene rings is 2. The van der Waals surface area contributed by atoms with Crippen molar-refractivity contribution in [2.75, 3.05) is 12.4 Å². The number of halogens is 1. The summed E-state index contributed by atoms with van der Waals surface area (Å²) < 4.78 is 5.30. The van der Waals surface area contributed by atoms with Crippen LogP contribution in [0.25, 0.3) is 10.9 Å². The van der Waals surface area contributed by atoms with E-state index in [0.717, 1.165) is 10.9 Å². The summed E-state index contributed by atoms with van der Waals surface area (Å²) in [6, 6.07) is 12.6. The van der Waals surface area contributed by atoms with Gasteiger partial charge in [0, 0.05) is 17.1 Å². The van der Waals surface area contributed by atoms with Crippen LogP contribution in [0.15, 0.2) is 48.7 Å². The zero-order chi connectivity index (χ0) is 16.4. The number of aromatic nitrogens is 1. The number of hydrogen-bond acceptors (Lipinski definition) is 3. The van der Waals surface area contributed by atoms with Crippen molar-refractivity contribution in [3.63, 3.8) is 0 Å². The Morgan fingerprint density at radius 2 is 2.00 bits per heavy atom. The fraction of sp³-hybridized carbons (Fsp3) is 0.111. The highest BCUT2D eigenvalue weighted by molar-refractivity contribution is 6.34. The number of carbonyl (C=O) groups excluding carboxylic acids is 1. The molecular formula is C18H15ClN2O2. The number of carbonyl (C=O) groups is 1. The molecule has 0 spiro atoms. The third kappa shape index (κ3) is 2.85. The van der Waals surface area contributed by atoms with Gasteiger partial charge in [0.15, 0.2) is 0 Å². The lowest BCUT2D eigenvalue weighted by Gasteiger charge is -2.12. The van der Waals surface area contributed by atoms with Gasteiger partial charge in [0.2, 0.25) is 0 Å². The SMILES string of the molecule is COc1ccc(C(=O)Nc2c(C)cccc2Cl)c2cccnc12. The molecule has 1 N–H and O–H groups in total. The van der Waals surface area contributed by atoms with Crippen LogP contribution in [0.4, 0.5) is 5.69 Å². The molecule has 3 aromatic rings. The van der Waals surface area contributed by atoms with Crippen LogP contribution < -0.4 is 10.1 Å². The topological polar surface area (TPSA) is 51.2 Å². The summed E-state index contributed by atoms with van der Waals surface area (Å²) >= 11 is 6.18. The predicted octanol–water partition coefficient (Wildman–Crippen LogP) is 4.46. The van der Waals surface area contributed by atoms with E-state index in [1.54, 1.807) is 37.6 Å². The lowest BCUT2D eigenvalue weighted by Crippen LogP contribution is -2.14. The highest BCUT2D eigenvalue weighted by Crippen LogP contribution is 2.29. The van der Waals surface area contributed by atoms with E-state index >= 15 is 0 Å². The molecule has 1 amide bonds. The van der Waals surface area contributed by atoms with Crippen molar-refractivity contribution in [2.45, 2.75) is 6.92 Å². The molecule has 0 saturated heterocycles. The molecule has 0 unspecified atom stereocenters. The van der Waals surface area contributed by atoms with Crippen molar-refractivity contribution in [1.29, 1.82) is 0 Å². The van der Waals surface area contributed by atoms with Gasteiger partial charge in [-0.3, -0.25) is 9.78 Å². The molecule has 0 atom stereocenters. The van der Waals surface area contributed by atoms with Crippen molar-refractivity contribution in [1.82, 2.24) is 4.98 Å². The average molecular weight is 327 g/mol. The Kier molecular flexibility index (Phi) is 4.17. The second-order valence-corrected chi connectivity index (χ2v) is 5.51. The van der Waals surface area contributed by atoms with E-state index in [-0.39, 0.29) is 5.91 Å². The molecule has 0 radical (unpaired) electrons. The molecule has 5 heteroatoms.